The molecule has 1 N–H and O–H groups in total. The number of pyridine rings is 1. The Hall–Kier alpha value is -2.76. The number of carbonyl (C=O) groups is 1. The molecule has 1 aromatic carbocycles. The summed E-state index contributed by atoms with van der Waals surface area (Å²) >= 11 is 0. The van der Waals surface area contributed by atoms with Crippen molar-refractivity contribution in [1.29, 1.82) is 0 Å². The molecular weight excluding hydrogens is 276 g/mol. The molecule has 2 heterocycles. The van der Waals surface area contributed by atoms with Gasteiger partial charge in [-0.2, -0.15) is 0 Å². The Kier molecular flexibility index (Phi) is 3.35. The van der Waals surface area contributed by atoms with Crippen LogP contribution in [0.2, 0.25) is 0 Å². The van der Waals surface area contributed by atoms with Gasteiger partial charge in [-0.15, -0.1) is 0 Å². The third-order valence-electron chi connectivity index (χ3n) is 2.91. The summed E-state index contributed by atoms with van der Waals surface area (Å²) in [5.41, 5.74) is 1.45. The second-order valence-corrected chi connectivity index (χ2v) is 4.58. The van der Waals surface area contributed by atoms with Crippen LogP contribution in [0.15, 0.2) is 48.8 Å². The van der Waals surface area contributed by atoms with Crippen LogP contribution in [-0.4, -0.2) is 15.3 Å². The third kappa shape index (κ3) is 3.05. The van der Waals surface area contributed by atoms with Crippen molar-refractivity contribution >= 4 is 17.2 Å². The van der Waals surface area contributed by atoms with E-state index in [4.69, 9.17) is 0 Å². The van der Waals surface area contributed by atoms with Gasteiger partial charge in [-0.3, -0.25) is 4.79 Å². The lowest BCUT2D eigenvalue weighted by Gasteiger charge is -2.03. The van der Waals surface area contributed by atoms with Crippen LogP contribution in [0.25, 0.3) is 5.65 Å². The summed E-state index contributed by atoms with van der Waals surface area (Å²) in [4.78, 5) is 16.1. The number of fused-ring (bicyclic) bond motifs is 1. The number of amides is 1. The number of nitrogens with one attached hydrogen (secondary N) is 1. The highest BCUT2D eigenvalue weighted by atomic mass is 19.1. The number of benzene rings is 1. The van der Waals surface area contributed by atoms with E-state index in [1.807, 2.05) is 0 Å². The van der Waals surface area contributed by atoms with E-state index in [1.165, 1.54) is 40.9 Å². The van der Waals surface area contributed by atoms with E-state index in [2.05, 4.69) is 10.3 Å². The molecule has 4 nitrogen and oxygen atoms in total. The molecule has 3 rings (SSSR count). The van der Waals surface area contributed by atoms with E-state index >= 15 is 0 Å². The minimum absolute atomic E-state index is 0.0276. The van der Waals surface area contributed by atoms with Crippen LogP contribution in [0.4, 0.5) is 14.5 Å². The summed E-state index contributed by atoms with van der Waals surface area (Å²) in [6.07, 6.45) is 2.90. The zero-order valence-electron chi connectivity index (χ0n) is 10.9. The number of anilines is 1. The summed E-state index contributed by atoms with van der Waals surface area (Å²) in [5.74, 6) is -1.11. The fourth-order valence-electron chi connectivity index (χ4n) is 2.04. The van der Waals surface area contributed by atoms with E-state index in [0.29, 0.717) is 17.0 Å². The molecule has 0 saturated carbocycles. The highest BCUT2D eigenvalue weighted by molar-refractivity contribution is 5.92. The van der Waals surface area contributed by atoms with E-state index < -0.39 is 5.82 Å². The molecule has 21 heavy (non-hydrogen) atoms. The molecule has 6 heteroatoms. The van der Waals surface area contributed by atoms with E-state index in [1.54, 1.807) is 12.3 Å². The van der Waals surface area contributed by atoms with Gasteiger partial charge < -0.3 is 9.72 Å². The quantitative estimate of drug-likeness (QED) is 0.805. The number of carbonyl (C=O) groups excluding carboxylic acids is 1. The Labute approximate surface area is 119 Å². The average Bonchev–Trinajstić information content (AvgIpc) is 2.79. The predicted octanol–water partition coefficient (Wildman–Crippen LogP) is 2.79. The predicted molar refractivity (Wildman–Crippen MR) is 73.9 cm³/mol. The Morgan fingerprint density at radius 1 is 1.14 bits per heavy atom. The van der Waals surface area contributed by atoms with Gasteiger partial charge in [-0.1, -0.05) is 6.07 Å². The summed E-state index contributed by atoms with van der Waals surface area (Å²) < 4.78 is 27.6. The van der Waals surface area contributed by atoms with E-state index in [-0.39, 0.29) is 18.1 Å². The summed E-state index contributed by atoms with van der Waals surface area (Å²) in [6, 6.07) is 8.48. The summed E-state index contributed by atoms with van der Waals surface area (Å²) in [6.45, 7) is 0. The molecule has 2 aromatic heterocycles. The summed E-state index contributed by atoms with van der Waals surface area (Å²) in [7, 11) is 0. The van der Waals surface area contributed by atoms with Gasteiger partial charge in [0.1, 0.15) is 17.3 Å². The lowest BCUT2D eigenvalue weighted by molar-refractivity contribution is -0.115. The van der Waals surface area contributed by atoms with Crippen molar-refractivity contribution in [1.82, 2.24) is 9.38 Å². The van der Waals surface area contributed by atoms with Gasteiger partial charge in [0.2, 0.25) is 5.91 Å². The maximum Gasteiger partial charge on any atom is 0.230 e. The standard InChI is InChI=1S/C15H11F2N3O/c16-10-2-1-3-12(6-10)19-15(21)7-13-9-20-8-11(17)4-5-14(20)18-13/h1-6,8-9H,7H2,(H,19,21). The minimum Gasteiger partial charge on any atom is -0.326 e. The zero-order valence-corrected chi connectivity index (χ0v) is 10.9. The van der Waals surface area contributed by atoms with Crippen LogP contribution in [0.5, 0.6) is 0 Å². The van der Waals surface area contributed by atoms with Gasteiger partial charge in [-0.05, 0) is 30.3 Å². The molecule has 0 aliphatic carbocycles. The normalized spacial score (nSPS) is 10.8. The number of aromatic nitrogens is 2. The molecule has 0 atom stereocenters. The highest BCUT2D eigenvalue weighted by Gasteiger charge is 2.09. The van der Waals surface area contributed by atoms with Crippen LogP contribution in [0.3, 0.4) is 0 Å². The number of nitrogens with zero attached hydrogens (tertiary/aromatic N) is 2. The molecule has 106 valence electrons. The van der Waals surface area contributed by atoms with Gasteiger partial charge in [0.05, 0.1) is 12.1 Å². The van der Waals surface area contributed by atoms with Crippen molar-refractivity contribution in [2.24, 2.45) is 0 Å². The molecule has 0 fully saturated rings. The molecule has 0 bridgehead atoms. The number of halogens is 2. The molecule has 0 aliphatic heterocycles. The van der Waals surface area contributed by atoms with Crippen molar-refractivity contribution in [2.45, 2.75) is 6.42 Å². The first kappa shape index (κ1) is 13.2. The second-order valence-electron chi connectivity index (χ2n) is 4.58. The molecule has 0 saturated heterocycles. The van der Waals surface area contributed by atoms with Crippen LogP contribution < -0.4 is 5.32 Å². The van der Waals surface area contributed by atoms with Crippen LogP contribution >= 0.6 is 0 Å². The monoisotopic (exact) mass is 287 g/mol. The van der Waals surface area contributed by atoms with E-state index in [9.17, 15) is 13.6 Å². The van der Waals surface area contributed by atoms with E-state index in [0.717, 1.165) is 0 Å². The Balaban J connectivity index is 1.74. The molecule has 1 amide bonds. The van der Waals surface area contributed by atoms with Gasteiger partial charge >= 0.3 is 0 Å². The first-order valence-electron chi connectivity index (χ1n) is 6.29. The highest BCUT2D eigenvalue weighted by Crippen LogP contribution is 2.11. The number of hydrogen-bond acceptors (Lipinski definition) is 2. The van der Waals surface area contributed by atoms with Crippen LogP contribution in [0, 0.1) is 11.6 Å². The molecule has 0 aliphatic rings. The molecule has 3 aromatic rings. The van der Waals surface area contributed by atoms with Gasteiger partial charge in [-0.25, -0.2) is 13.8 Å². The maximum absolute atomic E-state index is 13.1. The molecule has 0 spiro atoms. The Morgan fingerprint density at radius 3 is 2.81 bits per heavy atom. The maximum atomic E-state index is 13.1. The van der Waals surface area contributed by atoms with Crippen molar-refractivity contribution < 1.29 is 13.6 Å². The number of imidazole rings is 1. The van der Waals surface area contributed by atoms with Crippen molar-refractivity contribution in [3.05, 3.63) is 66.1 Å². The first-order valence-corrected chi connectivity index (χ1v) is 6.29. The fraction of sp³-hybridized carbons (Fsp3) is 0.0667. The SMILES string of the molecule is O=C(Cc1cn2cc(F)ccc2n1)Nc1cccc(F)c1. The summed E-state index contributed by atoms with van der Waals surface area (Å²) in [5, 5.41) is 2.58. The lowest BCUT2D eigenvalue weighted by atomic mass is 10.2. The Morgan fingerprint density at radius 2 is 2.00 bits per heavy atom. The number of hydrogen-bond donors (Lipinski definition) is 1. The smallest absolute Gasteiger partial charge is 0.230 e. The van der Waals surface area contributed by atoms with Gasteiger partial charge in [0, 0.05) is 18.1 Å². The Bertz CT molecular complexity index is 814. The first-order chi connectivity index (χ1) is 10.1. The van der Waals surface area contributed by atoms with Gasteiger partial charge in [0.15, 0.2) is 0 Å². The van der Waals surface area contributed by atoms with Crippen LogP contribution in [0.1, 0.15) is 5.69 Å². The number of rotatable bonds is 3. The zero-order chi connectivity index (χ0) is 14.8. The molecular formula is C15H11F2N3O. The van der Waals surface area contributed by atoms with Crippen LogP contribution in [-0.2, 0) is 11.2 Å². The fourth-order valence-corrected chi connectivity index (χ4v) is 2.04. The second kappa shape index (κ2) is 5.32. The van der Waals surface area contributed by atoms with Crippen molar-refractivity contribution in [3.63, 3.8) is 0 Å². The molecule has 0 radical (unpaired) electrons. The van der Waals surface area contributed by atoms with Crippen molar-refractivity contribution in [3.8, 4) is 0 Å². The average molecular weight is 287 g/mol. The third-order valence-corrected chi connectivity index (χ3v) is 2.91. The largest absolute Gasteiger partial charge is 0.326 e. The van der Waals surface area contributed by atoms with Gasteiger partial charge in [0.25, 0.3) is 0 Å². The van der Waals surface area contributed by atoms with Crippen molar-refractivity contribution in [2.75, 3.05) is 5.32 Å². The minimum atomic E-state index is -0.420. The lowest BCUT2D eigenvalue weighted by Crippen LogP contribution is -2.14. The topological polar surface area (TPSA) is 46.4 Å². The molecule has 0 unspecified atom stereocenters.